The number of ether oxygens (including phenoxy) is 2. The molecule has 4 rings (SSSR count). The number of nitrogens with zero attached hydrogens (tertiary/aromatic N) is 4. The highest BCUT2D eigenvalue weighted by Gasteiger charge is 2.18. The molecule has 0 unspecified atom stereocenters. The lowest BCUT2D eigenvalue weighted by atomic mass is 10.1. The van der Waals surface area contributed by atoms with Crippen molar-refractivity contribution in [3.63, 3.8) is 0 Å². The molecule has 1 saturated heterocycles. The molecule has 0 atom stereocenters. The molecule has 1 aromatic heterocycles. The van der Waals surface area contributed by atoms with Gasteiger partial charge >= 0.3 is 0 Å². The summed E-state index contributed by atoms with van der Waals surface area (Å²) in [4.78, 5) is 7.44. The Kier molecular flexibility index (Phi) is 8.44. The molecule has 0 N–H and O–H groups in total. The van der Waals surface area contributed by atoms with E-state index < -0.39 is 0 Å². The van der Waals surface area contributed by atoms with E-state index in [-0.39, 0.29) is 0 Å². The zero-order chi connectivity index (χ0) is 23.8. The van der Waals surface area contributed by atoms with Crippen molar-refractivity contribution < 1.29 is 14.0 Å². The number of para-hydroxylation sites is 1. The first-order chi connectivity index (χ1) is 16.7. The van der Waals surface area contributed by atoms with E-state index >= 15 is 0 Å². The Balaban J connectivity index is 1.21. The number of hydrogen-bond donors (Lipinski definition) is 0. The highest BCUT2D eigenvalue weighted by molar-refractivity contribution is 5.66. The Morgan fingerprint density at radius 2 is 1.74 bits per heavy atom. The van der Waals surface area contributed by atoms with E-state index in [9.17, 15) is 0 Å². The zero-order valence-corrected chi connectivity index (χ0v) is 20.6. The molecule has 0 bridgehead atoms. The van der Waals surface area contributed by atoms with Crippen molar-refractivity contribution in [3.8, 4) is 22.8 Å². The molecule has 0 aliphatic carbocycles. The van der Waals surface area contributed by atoms with Crippen LogP contribution < -0.4 is 14.4 Å². The van der Waals surface area contributed by atoms with E-state index in [1.165, 1.54) is 5.69 Å². The second-order valence-electron chi connectivity index (χ2n) is 8.63. The number of rotatable bonds is 11. The van der Waals surface area contributed by atoms with Crippen molar-refractivity contribution in [3.05, 3.63) is 60.4 Å². The van der Waals surface area contributed by atoms with Gasteiger partial charge in [0, 0.05) is 43.5 Å². The van der Waals surface area contributed by atoms with Gasteiger partial charge in [0.25, 0.3) is 0 Å². The van der Waals surface area contributed by atoms with E-state index in [2.05, 4.69) is 38.9 Å². The van der Waals surface area contributed by atoms with Crippen molar-refractivity contribution in [2.24, 2.45) is 0 Å². The number of piperazine rings is 1. The largest absolute Gasteiger partial charge is 0.497 e. The predicted octanol–water partition coefficient (Wildman–Crippen LogP) is 4.39. The van der Waals surface area contributed by atoms with E-state index in [1.807, 2.05) is 42.5 Å². The fourth-order valence-corrected chi connectivity index (χ4v) is 4.48. The minimum absolute atomic E-state index is 0.768. The smallest absolute Gasteiger partial charge is 0.151 e. The molecule has 1 aliphatic rings. The molecule has 182 valence electrons. The van der Waals surface area contributed by atoms with Crippen LogP contribution in [0, 0.1) is 0 Å². The van der Waals surface area contributed by atoms with Crippen molar-refractivity contribution in [2.75, 3.05) is 64.9 Å². The number of benzene rings is 2. The second kappa shape index (κ2) is 11.9. The highest BCUT2D eigenvalue weighted by atomic mass is 16.5. The lowest BCUT2D eigenvalue weighted by Gasteiger charge is -2.36. The van der Waals surface area contributed by atoms with Gasteiger partial charge in [-0.3, -0.25) is 9.80 Å². The average molecular weight is 465 g/mol. The van der Waals surface area contributed by atoms with Crippen LogP contribution >= 0.6 is 0 Å². The Morgan fingerprint density at radius 3 is 2.44 bits per heavy atom. The van der Waals surface area contributed by atoms with Gasteiger partial charge in [-0.1, -0.05) is 24.2 Å². The lowest BCUT2D eigenvalue weighted by molar-refractivity contribution is 0.206. The van der Waals surface area contributed by atoms with Crippen molar-refractivity contribution in [1.29, 1.82) is 0 Å². The van der Waals surface area contributed by atoms with E-state index in [0.29, 0.717) is 0 Å². The van der Waals surface area contributed by atoms with Crippen LogP contribution in [-0.4, -0.2) is 75.0 Å². The normalized spacial score (nSPS) is 14.5. The first-order valence-electron chi connectivity index (χ1n) is 12.1. The summed E-state index contributed by atoms with van der Waals surface area (Å²) in [5.74, 6) is 2.60. The Bertz CT molecular complexity index is 1010. The molecule has 2 aromatic carbocycles. The Morgan fingerprint density at radius 1 is 0.971 bits per heavy atom. The Labute approximate surface area is 202 Å². The summed E-state index contributed by atoms with van der Waals surface area (Å²) in [6.07, 6.45) is 1.14. The molecular weight excluding hydrogens is 428 g/mol. The first kappa shape index (κ1) is 24.1. The molecule has 7 nitrogen and oxygen atoms in total. The SMILES string of the molecule is CCN(CCCN1CCN(c2ccc(OC)cc2)CC1)Cc1cc(-c2ccccc2OC)no1. The maximum atomic E-state index is 5.64. The quantitative estimate of drug-likeness (QED) is 0.417. The summed E-state index contributed by atoms with van der Waals surface area (Å²) in [7, 11) is 3.38. The maximum Gasteiger partial charge on any atom is 0.151 e. The van der Waals surface area contributed by atoms with Crippen LogP contribution in [0.3, 0.4) is 0 Å². The molecule has 7 heteroatoms. The van der Waals surface area contributed by atoms with Gasteiger partial charge < -0.3 is 18.9 Å². The minimum atomic E-state index is 0.768. The number of aromatic nitrogens is 1. The van der Waals surface area contributed by atoms with Gasteiger partial charge in [0.1, 0.15) is 17.2 Å². The lowest BCUT2D eigenvalue weighted by Crippen LogP contribution is -2.47. The van der Waals surface area contributed by atoms with Gasteiger partial charge in [0.15, 0.2) is 5.76 Å². The molecule has 0 amide bonds. The molecule has 2 heterocycles. The fraction of sp³-hybridized carbons (Fsp3) is 0.444. The fourth-order valence-electron chi connectivity index (χ4n) is 4.48. The molecule has 1 fully saturated rings. The molecule has 0 spiro atoms. The van der Waals surface area contributed by atoms with Gasteiger partial charge in [-0.05, 0) is 62.5 Å². The van der Waals surface area contributed by atoms with Crippen molar-refractivity contribution in [2.45, 2.75) is 19.9 Å². The molecule has 0 saturated carbocycles. The summed E-state index contributed by atoms with van der Waals surface area (Å²) in [6.45, 7) is 10.4. The van der Waals surface area contributed by atoms with Gasteiger partial charge in [-0.15, -0.1) is 0 Å². The maximum absolute atomic E-state index is 5.64. The van der Waals surface area contributed by atoms with Crippen LogP contribution in [0.15, 0.2) is 59.1 Å². The first-order valence-corrected chi connectivity index (χ1v) is 12.1. The highest BCUT2D eigenvalue weighted by Crippen LogP contribution is 2.29. The summed E-state index contributed by atoms with van der Waals surface area (Å²) in [5, 5.41) is 4.28. The van der Waals surface area contributed by atoms with Crippen LogP contribution in [0.4, 0.5) is 5.69 Å². The third-order valence-corrected chi connectivity index (χ3v) is 6.53. The molecule has 1 aliphatic heterocycles. The van der Waals surface area contributed by atoms with Crippen molar-refractivity contribution >= 4 is 5.69 Å². The molecule has 3 aromatic rings. The van der Waals surface area contributed by atoms with Crippen molar-refractivity contribution in [1.82, 2.24) is 15.0 Å². The monoisotopic (exact) mass is 464 g/mol. The molecule has 34 heavy (non-hydrogen) atoms. The Hall–Kier alpha value is -3.03. The molecule has 0 radical (unpaired) electrons. The van der Waals surface area contributed by atoms with Gasteiger partial charge in [0.05, 0.1) is 20.8 Å². The summed E-state index contributed by atoms with van der Waals surface area (Å²) >= 11 is 0. The summed E-state index contributed by atoms with van der Waals surface area (Å²) in [6, 6.07) is 18.3. The molecular formula is C27H36N4O3. The third-order valence-electron chi connectivity index (χ3n) is 6.53. The van der Waals surface area contributed by atoms with E-state index in [4.69, 9.17) is 14.0 Å². The van der Waals surface area contributed by atoms with Crippen LogP contribution in [0.5, 0.6) is 11.5 Å². The number of methoxy groups -OCH3 is 2. The second-order valence-corrected chi connectivity index (χ2v) is 8.63. The van der Waals surface area contributed by atoms with E-state index in [1.54, 1.807) is 14.2 Å². The summed E-state index contributed by atoms with van der Waals surface area (Å²) in [5.41, 5.74) is 3.05. The number of hydrogen-bond acceptors (Lipinski definition) is 7. The average Bonchev–Trinajstić information content (AvgIpc) is 3.37. The number of anilines is 1. The zero-order valence-electron chi connectivity index (χ0n) is 20.6. The van der Waals surface area contributed by atoms with Gasteiger partial charge in [-0.25, -0.2) is 0 Å². The predicted molar refractivity (Wildman–Crippen MR) is 136 cm³/mol. The topological polar surface area (TPSA) is 54.2 Å². The van der Waals surface area contributed by atoms with Gasteiger partial charge in [-0.2, -0.15) is 0 Å². The van der Waals surface area contributed by atoms with Crippen LogP contribution in [0.1, 0.15) is 19.1 Å². The minimum Gasteiger partial charge on any atom is -0.497 e. The standard InChI is InChI=1S/C27H36N4O3/c1-4-29(21-24-20-26(28-34-24)25-8-5-6-9-27(25)33-3)14-7-15-30-16-18-31(19-17-30)22-10-12-23(32-2)13-11-22/h5-6,8-13,20H,4,7,14-19,21H2,1-3H3. The van der Waals surface area contributed by atoms with E-state index in [0.717, 1.165) is 87.3 Å². The van der Waals surface area contributed by atoms with Gasteiger partial charge in [0.2, 0.25) is 0 Å². The third kappa shape index (κ3) is 6.10. The van der Waals surface area contributed by atoms with Crippen LogP contribution in [-0.2, 0) is 6.54 Å². The van der Waals surface area contributed by atoms with Crippen LogP contribution in [0.25, 0.3) is 11.3 Å². The van der Waals surface area contributed by atoms with Crippen LogP contribution in [0.2, 0.25) is 0 Å². The summed E-state index contributed by atoms with van der Waals surface area (Å²) < 4.78 is 16.4.